The van der Waals surface area contributed by atoms with E-state index < -0.39 is 10.0 Å². The first kappa shape index (κ1) is 22.8. The van der Waals surface area contributed by atoms with E-state index in [0.29, 0.717) is 18.0 Å². The molecule has 0 aliphatic carbocycles. The van der Waals surface area contributed by atoms with Crippen LogP contribution in [-0.2, 0) is 15.8 Å². The summed E-state index contributed by atoms with van der Waals surface area (Å²) in [6.45, 7) is 13.1. The molecule has 0 unspecified atom stereocenters. The average Bonchev–Trinajstić information content (AvgIpc) is 3.07. The van der Waals surface area contributed by atoms with Crippen LogP contribution >= 0.6 is 11.8 Å². The van der Waals surface area contributed by atoms with Crippen molar-refractivity contribution < 1.29 is 8.42 Å². The van der Waals surface area contributed by atoms with E-state index in [0.717, 1.165) is 21.9 Å². The van der Waals surface area contributed by atoms with Gasteiger partial charge in [-0.3, -0.25) is 0 Å². The molecule has 0 fully saturated rings. The van der Waals surface area contributed by atoms with Crippen molar-refractivity contribution in [2.75, 3.05) is 13.1 Å². The van der Waals surface area contributed by atoms with E-state index >= 15 is 0 Å². The van der Waals surface area contributed by atoms with Gasteiger partial charge in [-0.15, -0.1) is 0 Å². The molecule has 3 rings (SSSR count). The molecule has 30 heavy (non-hydrogen) atoms. The highest BCUT2D eigenvalue weighted by Gasteiger charge is 2.23. The highest BCUT2D eigenvalue weighted by molar-refractivity contribution is 7.98. The predicted molar refractivity (Wildman–Crippen MR) is 126 cm³/mol. The lowest BCUT2D eigenvalue weighted by atomic mass is 10.1. The number of benzene rings is 2. The largest absolute Gasteiger partial charge is 0.316 e. The van der Waals surface area contributed by atoms with Crippen molar-refractivity contribution in [1.82, 2.24) is 13.9 Å². The molecule has 2 aromatic carbocycles. The van der Waals surface area contributed by atoms with Crippen molar-refractivity contribution in [3.63, 3.8) is 0 Å². The molecule has 0 N–H and O–H groups in total. The van der Waals surface area contributed by atoms with E-state index in [1.54, 1.807) is 23.9 Å². The van der Waals surface area contributed by atoms with Crippen molar-refractivity contribution >= 4 is 32.8 Å². The van der Waals surface area contributed by atoms with Gasteiger partial charge in [0.05, 0.1) is 15.9 Å². The Morgan fingerprint density at radius 3 is 2.40 bits per heavy atom. The van der Waals surface area contributed by atoms with Crippen LogP contribution in [0.3, 0.4) is 0 Å². The molecule has 1 heterocycles. The molecule has 0 radical (unpaired) electrons. The van der Waals surface area contributed by atoms with Crippen LogP contribution in [0.1, 0.15) is 50.4 Å². The normalized spacial score (nSPS) is 12.4. The summed E-state index contributed by atoms with van der Waals surface area (Å²) in [4.78, 5) is 5.13. The van der Waals surface area contributed by atoms with Crippen molar-refractivity contribution in [3.05, 3.63) is 53.1 Å². The molecule has 7 heteroatoms. The van der Waals surface area contributed by atoms with E-state index in [1.807, 2.05) is 19.9 Å². The SMILES string of the molecule is CCN(CC)S(=O)(=O)c1ccc2c(c1)nc(SCc1cc(C)ccc1C)n2C(C)C. The summed E-state index contributed by atoms with van der Waals surface area (Å²) in [5.41, 5.74) is 5.51. The van der Waals surface area contributed by atoms with E-state index in [4.69, 9.17) is 4.98 Å². The monoisotopic (exact) mass is 445 g/mol. The van der Waals surface area contributed by atoms with Crippen molar-refractivity contribution in [2.45, 2.75) is 63.4 Å². The number of aromatic nitrogens is 2. The van der Waals surface area contributed by atoms with Gasteiger partial charge < -0.3 is 4.57 Å². The molecule has 0 saturated carbocycles. The minimum absolute atomic E-state index is 0.223. The highest BCUT2D eigenvalue weighted by Crippen LogP contribution is 2.32. The van der Waals surface area contributed by atoms with Crippen molar-refractivity contribution in [1.29, 1.82) is 0 Å². The van der Waals surface area contributed by atoms with Crippen LogP contribution in [0, 0.1) is 13.8 Å². The summed E-state index contributed by atoms with van der Waals surface area (Å²) in [5.74, 6) is 0.828. The Kier molecular flexibility index (Phi) is 6.95. The maximum absolute atomic E-state index is 12.9. The lowest BCUT2D eigenvalue weighted by Crippen LogP contribution is -2.30. The van der Waals surface area contributed by atoms with Gasteiger partial charge in [0.1, 0.15) is 0 Å². The molecule has 5 nitrogen and oxygen atoms in total. The highest BCUT2D eigenvalue weighted by atomic mass is 32.2. The Labute approximate surface area is 184 Å². The third-order valence-corrected chi connectivity index (χ3v) is 8.40. The van der Waals surface area contributed by atoms with Crippen molar-refractivity contribution in [2.24, 2.45) is 0 Å². The van der Waals surface area contributed by atoms with Gasteiger partial charge >= 0.3 is 0 Å². The van der Waals surface area contributed by atoms with Gasteiger partial charge in [-0.25, -0.2) is 13.4 Å². The van der Waals surface area contributed by atoms with Gasteiger partial charge in [-0.1, -0.05) is 49.4 Å². The molecule has 1 aromatic heterocycles. The topological polar surface area (TPSA) is 55.2 Å². The minimum atomic E-state index is -3.50. The first-order valence-electron chi connectivity index (χ1n) is 10.4. The Bertz CT molecular complexity index is 1150. The molecular formula is C23H31N3O2S2. The average molecular weight is 446 g/mol. The van der Waals surface area contributed by atoms with E-state index in [1.165, 1.54) is 21.0 Å². The second-order valence-corrected chi connectivity index (χ2v) is 10.7. The summed E-state index contributed by atoms with van der Waals surface area (Å²) in [7, 11) is -3.50. The summed E-state index contributed by atoms with van der Waals surface area (Å²) < 4.78 is 29.5. The third kappa shape index (κ3) is 4.43. The Morgan fingerprint density at radius 1 is 1.07 bits per heavy atom. The number of thioether (sulfide) groups is 1. The van der Waals surface area contributed by atoms with Gasteiger partial charge in [-0.05, 0) is 57.0 Å². The summed E-state index contributed by atoms with van der Waals surface area (Å²) >= 11 is 1.70. The molecular weight excluding hydrogens is 414 g/mol. The standard InChI is InChI=1S/C23H31N3O2S2/c1-7-25(8-2)30(27,28)20-11-12-22-21(14-20)24-23(26(22)16(3)4)29-15-19-13-17(5)9-10-18(19)6/h9-14,16H,7-8,15H2,1-6H3. The fraction of sp³-hybridized carbons (Fsp3) is 0.435. The number of nitrogens with zero attached hydrogens (tertiary/aromatic N) is 3. The minimum Gasteiger partial charge on any atom is -0.316 e. The van der Waals surface area contributed by atoms with Crippen LogP contribution in [0.15, 0.2) is 46.5 Å². The number of rotatable bonds is 8. The quantitative estimate of drug-likeness (QED) is 0.426. The van der Waals surface area contributed by atoms with Gasteiger partial charge in [0.25, 0.3) is 0 Å². The zero-order chi connectivity index (χ0) is 22.1. The second-order valence-electron chi connectivity index (χ2n) is 7.82. The smallest absolute Gasteiger partial charge is 0.243 e. The van der Waals surface area contributed by atoms with Gasteiger partial charge in [-0.2, -0.15) is 4.31 Å². The fourth-order valence-electron chi connectivity index (χ4n) is 3.63. The Balaban J connectivity index is 2.01. The van der Waals surface area contributed by atoms with Gasteiger partial charge in [0.15, 0.2) is 5.16 Å². The molecule has 3 aromatic rings. The molecule has 0 aliphatic heterocycles. The first-order chi connectivity index (χ1) is 14.2. The summed E-state index contributed by atoms with van der Waals surface area (Å²) in [5, 5.41) is 0.915. The fourth-order valence-corrected chi connectivity index (χ4v) is 6.31. The van der Waals surface area contributed by atoms with Crippen LogP contribution < -0.4 is 0 Å². The third-order valence-electron chi connectivity index (χ3n) is 5.35. The zero-order valence-corrected chi connectivity index (χ0v) is 20.3. The zero-order valence-electron chi connectivity index (χ0n) is 18.6. The summed E-state index contributed by atoms with van der Waals surface area (Å²) in [6, 6.07) is 12.0. The Morgan fingerprint density at radius 2 is 1.77 bits per heavy atom. The lowest BCUT2D eigenvalue weighted by molar-refractivity contribution is 0.445. The molecule has 0 saturated heterocycles. The molecule has 162 valence electrons. The second kappa shape index (κ2) is 9.12. The molecule has 0 spiro atoms. The molecule has 0 aliphatic rings. The first-order valence-corrected chi connectivity index (χ1v) is 12.8. The number of aryl methyl sites for hydroxylation is 2. The van der Waals surface area contributed by atoms with E-state index in [2.05, 4.69) is 50.5 Å². The van der Waals surface area contributed by atoms with Crippen LogP contribution in [0.4, 0.5) is 0 Å². The predicted octanol–water partition coefficient (Wildman–Crippen LogP) is 5.56. The summed E-state index contributed by atoms with van der Waals surface area (Å²) in [6.07, 6.45) is 0. The number of imidazole rings is 1. The number of sulfonamides is 1. The van der Waals surface area contributed by atoms with Crippen LogP contribution in [0.25, 0.3) is 11.0 Å². The molecule has 0 bridgehead atoms. The number of hydrogen-bond donors (Lipinski definition) is 0. The molecule has 0 amide bonds. The molecule has 0 atom stereocenters. The van der Waals surface area contributed by atoms with E-state index in [9.17, 15) is 8.42 Å². The maximum Gasteiger partial charge on any atom is 0.243 e. The van der Waals surface area contributed by atoms with Crippen LogP contribution in [0.5, 0.6) is 0 Å². The number of hydrogen-bond acceptors (Lipinski definition) is 4. The maximum atomic E-state index is 12.9. The number of fused-ring (bicyclic) bond motifs is 1. The van der Waals surface area contributed by atoms with Crippen LogP contribution in [0.2, 0.25) is 0 Å². The van der Waals surface area contributed by atoms with E-state index in [-0.39, 0.29) is 6.04 Å². The lowest BCUT2D eigenvalue weighted by Gasteiger charge is -2.18. The van der Waals surface area contributed by atoms with Crippen LogP contribution in [-0.4, -0.2) is 35.4 Å². The van der Waals surface area contributed by atoms with Gasteiger partial charge in [0, 0.05) is 24.9 Å². The van der Waals surface area contributed by atoms with Gasteiger partial charge in [0.2, 0.25) is 10.0 Å². The van der Waals surface area contributed by atoms with Crippen molar-refractivity contribution in [3.8, 4) is 0 Å². The Hall–Kier alpha value is -1.83.